The summed E-state index contributed by atoms with van der Waals surface area (Å²) in [5, 5.41) is 0.561. The molecule has 0 bridgehead atoms. The Morgan fingerprint density at radius 3 is 2.68 bits per heavy atom. The summed E-state index contributed by atoms with van der Waals surface area (Å²) in [4.78, 5) is 41.3. The van der Waals surface area contributed by atoms with Crippen LogP contribution in [-0.4, -0.2) is 40.8 Å². The van der Waals surface area contributed by atoms with Gasteiger partial charge in [-0.3, -0.25) is 14.5 Å². The highest BCUT2D eigenvalue weighted by Crippen LogP contribution is 2.28. The molecule has 130 valence electrons. The van der Waals surface area contributed by atoms with E-state index in [2.05, 4.69) is 4.98 Å². The van der Waals surface area contributed by atoms with Crippen molar-refractivity contribution < 1.29 is 23.5 Å². The van der Waals surface area contributed by atoms with Gasteiger partial charge >= 0.3 is 5.97 Å². The van der Waals surface area contributed by atoms with Gasteiger partial charge in [-0.1, -0.05) is 0 Å². The van der Waals surface area contributed by atoms with E-state index in [1.165, 1.54) is 12.1 Å². The van der Waals surface area contributed by atoms with Gasteiger partial charge in [-0.2, -0.15) is 0 Å². The molecular formula is C17H15FN2O4S. The number of imide groups is 1. The number of carbonyl (C=O) groups excluding carboxylic acids is 3. The lowest BCUT2D eigenvalue weighted by Crippen LogP contribution is -2.35. The number of esters is 1. The molecule has 2 aromatic rings. The number of ether oxygens (including phenoxy) is 1. The second-order valence-electron chi connectivity index (χ2n) is 5.56. The van der Waals surface area contributed by atoms with Gasteiger partial charge in [0.15, 0.2) is 6.61 Å². The van der Waals surface area contributed by atoms with Crippen LogP contribution in [0, 0.1) is 12.7 Å². The van der Waals surface area contributed by atoms with E-state index in [-0.39, 0.29) is 16.6 Å². The molecule has 2 heterocycles. The number of benzene rings is 1. The van der Waals surface area contributed by atoms with Gasteiger partial charge < -0.3 is 4.74 Å². The Kier molecular flexibility index (Phi) is 4.89. The fourth-order valence-corrected chi connectivity index (χ4v) is 3.45. The number of nitrogens with zero attached hydrogens (tertiary/aromatic N) is 2. The molecule has 0 N–H and O–H groups in total. The number of hydrogen-bond donors (Lipinski definition) is 0. The van der Waals surface area contributed by atoms with Crippen molar-refractivity contribution in [3.63, 3.8) is 0 Å². The molecule has 0 saturated carbocycles. The molecular weight excluding hydrogens is 347 g/mol. The van der Waals surface area contributed by atoms with Crippen molar-refractivity contribution in [3.8, 4) is 10.6 Å². The lowest BCUT2D eigenvalue weighted by atomic mass is 10.2. The van der Waals surface area contributed by atoms with E-state index in [0.717, 1.165) is 16.2 Å². The lowest BCUT2D eigenvalue weighted by Gasteiger charge is -2.13. The third-order valence-electron chi connectivity index (χ3n) is 3.77. The number of amides is 2. The predicted molar refractivity (Wildman–Crippen MR) is 88.5 cm³/mol. The van der Waals surface area contributed by atoms with Crippen molar-refractivity contribution in [2.24, 2.45) is 0 Å². The fraction of sp³-hybridized carbons (Fsp3) is 0.294. The van der Waals surface area contributed by atoms with Crippen molar-refractivity contribution in [1.29, 1.82) is 0 Å². The molecule has 0 unspecified atom stereocenters. The molecule has 1 aliphatic heterocycles. The first kappa shape index (κ1) is 17.2. The van der Waals surface area contributed by atoms with Crippen LogP contribution in [-0.2, 0) is 14.3 Å². The predicted octanol–water partition coefficient (Wildman–Crippen LogP) is 2.56. The largest absolute Gasteiger partial charge is 0.451 e. The Labute approximate surface area is 147 Å². The van der Waals surface area contributed by atoms with Gasteiger partial charge in [0.1, 0.15) is 15.7 Å². The molecule has 0 atom stereocenters. The SMILES string of the molecule is Cc1nc(-c2ccc(F)cc2)sc1C(=O)OCC(=O)N1CCCC1=O. The zero-order chi connectivity index (χ0) is 18.0. The normalized spacial score (nSPS) is 14.0. The Morgan fingerprint density at radius 2 is 2.04 bits per heavy atom. The van der Waals surface area contributed by atoms with Gasteiger partial charge in [0, 0.05) is 18.5 Å². The van der Waals surface area contributed by atoms with Crippen LogP contribution in [0.3, 0.4) is 0 Å². The molecule has 1 saturated heterocycles. The monoisotopic (exact) mass is 362 g/mol. The van der Waals surface area contributed by atoms with Crippen LogP contribution in [0.25, 0.3) is 10.6 Å². The van der Waals surface area contributed by atoms with Crippen LogP contribution >= 0.6 is 11.3 Å². The van der Waals surface area contributed by atoms with Crippen molar-refractivity contribution >= 4 is 29.1 Å². The smallest absolute Gasteiger partial charge is 0.350 e. The maximum atomic E-state index is 13.0. The third kappa shape index (κ3) is 3.74. The standard InChI is InChI=1S/C17H15FN2O4S/c1-10-15(25-16(19-10)11-4-6-12(18)7-5-11)17(23)24-9-14(22)20-8-2-3-13(20)21/h4-7H,2-3,8-9H2,1H3. The molecule has 1 aromatic carbocycles. The third-order valence-corrected chi connectivity index (χ3v) is 4.96. The number of aryl methyl sites for hydroxylation is 1. The molecule has 3 rings (SSSR count). The van der Waals surface area contributed by atoms with Crippen LogP contribution in [0.1, 0.15) is 28.2 Å². The molecule has 0 aliphatic carbocycles. The van der Waals surface area contributed by atoms with Crippen molar-refractivity contribution in [2.75, 3.05) is 13.2 Å². The van der Waals surface area contributed by atoms with Gasteiger partial charge in [-0.25, -0.2) is 14.2 Å². The minimum Gasteiger partial charge on any atom is -0.451 e. The number of halogens is 1. The Bertz CT molecular complexity index is 832. The second-order valence-corrected chi connectivity index (χ2v) is 6.56. The van der Waals surface area contributed by atoms with E-state index >= 15 is 0 Å². The van der Waals surface area contributed by atoms with Gasteiger partial charge in [0.25, 0.3) is 5.91 Å². The molecule has 8 heteroatoms. The molecule has 25 heavy (non-hydrogen) atoms. The molecule has 0 radical (unpaired) electrons. The summed E-state index contributed by atoms with van der Waals surface area (Å²) in [7, 11) is 0. The van der Waals surface area contributed by atoms with Crippen molar-refractivity contribution in [3.05, 3.63) is 40.7 Å². The first-order valence-corrected chi connectivity index (χ1v) is 8.51. The van der Waals surface area contributed by atoms with E-state index < -0.39 is 18.5 Å². The molecule has 6 nitrogen and oxygen atoms in total. The van der Waals surface area contributed by atoms with E-state index in [1.54, 1.807) is 19.1 Å². The van der Waals surface area contributed by atoms with Crippen molar-refractivity contribution in [1.82, 2.24) is 9.88 Å². The molecule has 1 aromatic heterocycles. The van der Waals surface area contributed by atoms with Gasteiger partial charge in [-0.05, 0) is 37.6 Å². The van der Waals surface area contributed by atoms with Crippen LogP contribution in [0.4, 0.5) is 4.39 Å². The summed E-state index contributed by atoms with van der Waals surface area (Å²) < 4.78 is 18.0. The van der Waals surface area contributed by atoms with E-state index in [1.807, 2.05) is 0 Å². The zero-order valence-corrected chi connectivity index (χ0v) is 14.3. The zero-order valence-electron chi connectivity index (χ0n) is 13.5. The van der Waals surface area contributed by atoms with Crippen LogP contribution in [0.15, 0.2) is 24.3 Å². The van der Waals surface area contributed by atoms with E-state index in [9.17, 15) is 18.8 Å². The first-order chi connectivity index (χ1) is 12.0. The first-order valence-electron chi connectivity index (χ1n) is 7.69. The highest BCUT2D eigenvalue weighted by Gasteiger charge is 2.27. The summed E-state index contributed by atoms with van der Waals surface area (Å²) in [6.07, 6.45) is 0.974. The number of rotatable bonds is 4. The maximum absolute atomic E-state index is 13.0. The summed E-state index contributed by atoms with van der Waals surface area (Å²) in [6.45, 7) is 1.54. The Balaban J connectivity index is 1.67. The van der Waals surface area contributed by atoms with Gasteiger partial charge in [0.2, 0.25) is 5.91 Å². The summed E-state index contributed by atoms with van der Waals surface area (Å²) >= 11 is 1.11. The maximum Gasteiger partial charge on any atom is 0.350 e. The molecule has 0 spiro atoms. The number of carbonyl (C=O) groups is 3. The number of hydrogen-bond acceptors (Lipinski definition) is 6. The number of likely N-dealkylation sites (tertiary alicyclic amines) is 1. The minimum absolute atomic E-state index is 0.242. The quantitative estimate of drug-likeness (QED) is 0.782. The Hall–Kier alpha value is -2.61. The minimum atomic E-state index is -0.664. The molecule has 1 aliphatic rings. The Morgan fingerprint density at radius 1 is 1.32 bits per heavy atom. The van der Waals surface area contributed by atoms with Crippen LogP contribution < -0.4 is 0 Å². The summed E-state index contributed by atoms with van der Waals surface area (Å²) in [5.41, 5.74) is 1.16. The lowest BCUT2D eigenvalue weighted by molar-refractivity contribution is -0.143. The summed E-state index contributed by atoms with van der Waals surface area (Å²) in [6, 6.07) is 5.78. The van der Waals surface area contributed by atoms with Gasteiger partial charge in [-0.15, -0.1) is 11.3 Å². The van der Waals surface area contributed by atoms with E-state index in [4.69, 9.17) is 4.74 Å². The average Bonchev–Trinajstić information content (AvgIpc) is 3.19. The number of aromatic nitrogens is 1. The fourth-order valence-electron chi connectivity index (χ4n) is 2.48. The molecule has 2 amide bonds. The van der Waals surface area contributed by atoms with E-state index in [0.29, 0.717) is 35.7 Å². The van der Waals surface area contributed by atoms with Crippen LogP contribution in [0.5, 0.6) is 0 Å². The highest BCUT2D eigenvalue weighted by atomic mass is 32.1. The molecule has 1 fully saturated rings. The number of thiazole rings is 1. The van der Waals surface area contributed by atoms with Crippen molar-refractivity contribution in [2.45, 2.75) is 19.8 Å². The second kappa shape index (κ2) is 7.10. The summed E-state index contributed by atoms with van der Waals surface area (Å²) in [5.74, 6) is -1.78. The highest BCUT2D eigenvalue weighted by molar-refractivity contribution is 7.17. The van der Waals surface area contributed by atoms with Crippen LogP contribution in [0.2, 0.25) is 0 Å². The topological polar surface area (TPSA) is 76.6 Å². The average molecular weight is 362 g/mol. The van der Waals surface area contributed by atoms with Gasteiger partial charge in [0.05, 0.1) is 5.69 Å².